The van der Waals surface area contributed by atoms with E-state index < -0.39 is 0 Å². The number of piperazine rings is 1. The molecule has 1 heterocycles. The summed E-state index contributed by atoms with van der Waals surface area (Å²) in [6.07, 6.45) is 0.0383. The van der Waals surface area contributed by atoms with Crippen LogP contribution in [-0.2, 0) is 0 Å². The van der Waals surface area contributed by atoms with Gasteiger partial charge in [0.05, 0.1) is 6.17 Å². The van der Waals surface area contributed by atoms with Crippen LogP contribution in [0.3, 0.4) is 0 Å². The third kappa shape index (κ3) is 2.51. The van der Waals surface area contributed by atoms with E-state index >= 15 is 0 Å². The minimum atomic E-state index is 0.0383. The van der Waals surface area contributed by atoms with Crippen molar-refractivity contribution >= 4 is 0 Å². The Labute approximate surface area is 104 Å². The molecule has 0 aliphatic carbocycles. The molecule has 1 aliphatic rings. The molecule has 17 heavy (non-hydrogen) atoms. The zero-order valence-corrected chi connectivity index (χ0v) is 11.1. The standard InChI is InChI=1S/C14H23N3/c1-10-4-5-13(12(3)11(10)2)14(15)17-8-6-16-7-9-17/h4-5,14,16H,6-9,15H2,1-3H3. The van der Waals surface area contributed by atoms with Crippen molar-refractivity contribution < 1.29 is 0 Å². The minimum absolute atomic E-state index is 0.0383. The Hall–Kier alpha value is -0.900. The Kier molecular flexibility index (Phi) is 3.82. The highest BCUT2D eigenvalue weighted by atomic mass is 15.3. The van der Waals surface area contributed by atoms with E-state index in [-0.39, 0.29) is 6.17 Å². The van der Waals surface area contributed by atoms with E-state index in [1.165, 1.54) is 22.3 Å². The quantitative estimate of drug-likeness (QED) is 0.813. The van der Waals surface area contributed by atoms with Crippen molar-refractivity contribution in [3.05, 3.63) is 34.4 Å². The van der Waals surface area contributed by atoms with Crippen LogP contribution in [-0.4, -0.2) is 31.1 Å². The maximum Gasteiger partial charge on any atom is 0.0839 e. The van der Waals surface area contributed by atoms with Gasteiger partial charge in [0, 0.05) is 26.2 Å². The summed E-state index contributed by atoms with van der Waals surface area (Å²) >= 11 is 0. The van der Waals surface area contributed by atoms with E-state index in [1.807, 2.05) is 0 Å². The Bertz CT molecular complexity index is 395. The molecule has 3 nitrogen and oxygen atoms in total. The van der Waals surface area contributed by atoms with E-state index in [0.29, 0.717) is 0 Å². The molecule has 1 unspecified atom stereocenters. The molecule has 0 aromatic heterocycles. The lowest BCUT2D eigenvalue weighted by Crippen LogP contribution is -2.47. The van der Waals surface area contributed by atoms with Gasteiger partial charge in [0.25, 0.3) is 0 Å². The summed E-state index contributed by atoms with van der Waals surface area (Å²) in [7, 11) is 0. The van der Waals surface area contributed by atoms with Gasteiger partial charge in [0.1, 0.15) is 0 Å². The summed E-state index contributed by atoms with van der Waals surface area (Å²) in [6.45, 7) is 10.7. The lowest BCUT2D eigenvalue weighted by molar-refractivity contribution is 0.177. The molecule has 1 aromatic carbocycles. The predicted molar refractivity (Wildman–Crippen MR) is 72.0 cm³/mol. The van der Waals surface area contributed by atoms with Gasteiger partial charge in [-0.3, -0.25) is 4.90 Å². The number of aryl methyl sites for hydroxylation is 1. The summed E-state index contributed by atoms with van der Waals surface area (Å²) in [5.74, 6) is 0. The number of hydrogen-bond donors (Lipinski definition) is 2. The first-order valence-electron chi connectivity index (χ1n) is 6.38. The monoisotopic (exact) mass is 233 g/mol. The van der Waals surface area contributed by atoms with Gasteiger partial charge in [-0.1, -0.05) is 12.1 Å². The molecule has 1 fully saturated rings. The molecule has 1 aromatic rings. The highest BCUT2D eigenvalue weighted by molar-refractivity contribution is 5.40. The molecule has 0 radical (unpaired) electrons. The van der Waals surface area contributed by atoms with Crippen LogP contribution in [0.2, 0.25) is 0 Å². The van der Waals surface area contributed by atoms with E-state index in [0.717, 1.165) is 26.2 Å². The van der Waals surface area contributed by atoms with Crippen molar-refractivity contribution in [1.29, 1.82) is 0 Å². The Morgan fingerprint density at radius 1 is 1.12 bits per heavy atom. The third-order valence-corrected chi connectivity index (χ3v) is 3.96. The highest BCUT2D eigenvalue weighted by Crippen LogP contribution is 2.24. The van der Waals surface area contributed by atoms with Crippen LogP contribution in [0.1, 0.15) is 28.4 Å². The van der Waals surface area contributed by atoms with Gasteiger partial charge in [-0.25, -0.2) is 0 Å². The Balaban J connectivity index is 2.24. The number of nitrogens with one attached hydrogen (secondary N) is 1. The van der Waals surface area contributed by atoms with Gasteiger partial charge in [0.15, 0.2) is 0 Å². The van der Waals surface area contributed by atoms with Crippen molar-refractivity contribution in [2.45, 2.75) is 26.9 Å². The number of rotatable bonds is 2. The van der Waals surface area contributed by atoms with Gasteiger partial charge < -0.3 is 11.1 Å². The summed E-state index contributed by atoms with van der Waals surface area (Å²) in [5, 5.41) is 3.36. The van der Waals surface area contributed by atoms with E-state index in [1.54, 1.807) is 0 Å². The Morgan fingerprint density at radius 2 is 1.76 bits per heavy atom. The molecule has 1 saturated heterocycles. The topological polar surface area (TPSA) is 41.3 Å². The van der Waals surface area contributed by atoms with Gasteiger partial charge in [-0.15, -0.1) is 0 Å². The molecule has 0 bridgehead atoms. The summed E-state index contributed by atoms with van der Waals surface area (Å²) in [5.41, 5.74) is 11.7. The van der Waals surface area contributed by atoms with Gasteiger partial charge in [-0.05, 0) is 43.0 Å². The molecule has 3 N–H and O–H groups in total. The average Bonchev–Trinajstić information content (AvgIpc) is 2.36. The molecule has 0 saturated carbocycles. The predicted octanol–water partition coefficient (Wildman–Crippen LogP) is 1.47. The first-order chi connectivity index (χ1) is 8.11. The number of benzene rings is 1. The zero-order chi connectivity index (χ0) is 12.4. The SMILES string of the molecule is Cc1ccc(C(N)N2CCNCC2)c(C)c1C. The van der Waals surface area contributed by atoms with Crippen LogP contribution in [0.5, 0.6) is 0 Å². The fraction of sp³-hybridized carbons (Fsp3) is 0.571. The third-order valence-electron chi connectivity index (χ3n) is 3.96. The van der Waals surface area contributed by atoms with Crippen molar-refractivity contribution in [2.24, 2.45) is 5.73 Å². The van der Waals surface area contributed by atoms with Crippen molar-refractivity contribution in [1.82, 2.24) is 10.2 Å². The molecular weight excluding hydrogens is 210 g/mol. The summed E-state index contributed by atoms with van der Waals surface area (Å²) < 4.78 is 0. The van der Waals surface area contributed by atoms with Gasteiger partial charge >= 0.3 is 0 Å². The van der Waals surface area contributed by atoms with Crippen molar-refractivity contribution in [3.63, 3.8) is 0 Å². The largest absolute Gasteiger partial charge is 0.314 e. The van der Waals surface area contributed by atoms with E-state index in [2.05, 4.69) is 43.1 Å². The van der Waals surface area contributed by atoms with Crippen LogP contribution in [0.25, 0.3) is 0 Å². The van der Waals surface area contributed by atoms with Gasteiger partial charge in [-0.2, -0.15) is 0 Å². The normalized spacial score (nSPS) is 19.3. The van der Waals surface area contributed by atoms with Gasteiger partial charge in [0.2, 0.25) is 0 Å². The maximum atomic E-state index is 6.39. The lowest BCUT2D eigenvalue weighted by Gasteiger charge is -2.33. The van der Waals surface area contributed by atoms with Crippen molar-refractivity contribution in [2.75, 3.05) is 26.2 Å². The van der Waals surface area contributed by atoms with Crippen LogP contribution in [0.15, 0.2) is 12.1 Å². The molecule has 2 rings (SSSR count). The lowest BCUT2D eigenvalue weighted by atomic mass is 9.96. The highest BCUT2D eigenvalue weighted by Gasteiger charge is 2.20. The molecule has 94 valence electrons. The second-order valence-corrected chi connectivity index (χ2v) is 4.95. The fourth-order valence-corrected chi connectivity index (χ4v) is 2.45. The molecule has 0 amide bonds. The summed E-state index contributed by atoms with van der Waals surface area (Å²) in [4.78, 5) is 2.35. The zero-order valence-electron chi connectivity index (χ0n) is 11.1. The smallest absolute Gasteiger partial charge is 0.0839 e. The maximum absolute atomic E-state index is 6.39. The average molecular weight is 233 g/mol. The fourth-order valence-electron chi connectivity index (χ4n) is 2.45. The number of nitrogens with two attached hydrogens (primary N) is 1. The second-order valence-electron chi connectivity index (χ2n) is 4.95. The first-order valence-corrected chi connectivity index (χ1v) is 6.38. The van der Waals surface area contributed by atoms with E-state index in [9.17, 15) is 0 Å². The molecule has 1 aliphatic heterocycles. The van der Waals surface area contributed by atoms with Crippen molar-refractivity contribution in [3.8, 4) is 0 Å². The second kappa shape index (κ2) is 5.17. The number of hydrogen-bond acceptors (Lipinski definition) is 3. The van der Waals surface area contributed by atoms with Crippen LogP contribution >= 0.6 is 0 Å². The van der Waals surface area contributed by atoms with Crippen LogP contribution in [0, 0.1) is 20.8 Å². The molecule has 3 heteroatoms. The van der Waals surface area contributed by atoms with Crippen LogP contribution in [0.4, 0.5) is 0 Å². The molecule has 0 spiro atoms. The Morgan fingerprint density at radius 3 is 2.41 bits per heavy atom. The van der Waals surface area contributed by atoms with Crippen LogP contribution < -0.4 is 11.1 Å². The van der Waals surface area contributed by atoms with E-state index in [4.69, 9.17) is 5.73 Å². The first kappa shape index (κ1) is 12.6. The summed E-state index contributed by atoms with van der Waals surface area (Å²) in [6, 6.07) is 4.37. The molecule has 1 atom stereocenters. The minimum Gasteiger partial charge on any atom is -0.314 e. The number of nitrogens with zero attached hydrogens (tertiary/aromatic N) is 1. The molecular formula is C14H23N3.